The smallest absolute Gasteiger partial charge is 0.129 e. The third-order valence-electron chi connectivity index (χ3n) is 2.64. The molecule has 1 unspecified atom stereocenters. The van der Waals surface area contributed by atoms with Crippen LogP contribution in [0.2, 0.25) is 0 Å². The minimum atomic E-state index is -0.518. The minimum absolute atomic E-state index is 0.0943. The molecule has 1 atom stereocenters. The van der Waals surface area contributed by atoms with Crippen LogP contribution in [-0.2, 0) is 6.42 Å². The zero-order chi connectivity index (χ0) is 13.0. The minimum Gasteiger partial charge on any atom is -0.309 e. The first kappa shape index (κ1) is 13.0. The van der Waals surface area contributed by atoms with Gasteiger partial charge in [-0.2, -0.15) is 0 Å². The van der Waals surface area contributed by atoms with E-state index >= 15 is 0 Å². The lowest BCUT2D eigenvalue weighted by atomic mass is 10.0. The Balaban J connectivity index is 2.24. The number of rotatable bonds is 5. The number of aromatic nitrogens is 2. The van der Waals surface area contributed by atoms with E-state index in [0.29, 0.717) is 6.54 Å². The number of nitrogens with one attached hydrogen (secondary N) is 1. The van der Waals surface area contributed by atoms with Gasteiger partial charge in [0.15, 0.2) is 0 Å². The van der Waals surface area contributed by atoms with Crippen molar-refractivity contribution in [1.82, 2.24) is 14.9 Å². The van der Waals surface area contributed by atoms with E-state index < -0.39 is 11.6 Å². The van der Waals surface area contributed by atoms with Gasteiger partial charge in [-0.15, -0.1) is 5.10 Å². The molecule has 0 aliphatic heterocycles. The maximum atomic E-state index is 13.6. The molecule has 0 bridgehead atoms. The molecule has 0 fully saturated rings. The first-order valence-electron chi connectivity index (χ1n) is 5.66. The number of halogens is 2. The zero-order valence-electron chi connectivity index (χ0n) is 9.86. The van der Waals surface area contributed by atoms with Crippen LogP contribution < -0.4 is 5.32 Å². The monoisotopic (exact) mass is 269 g/mol. The Morgan fingerprint density at radius 1 is 1.33 bits per heavy atom. The van der Waals surface area contributed by atoms with E-state index in [-0.39, 0.29) is 18.0 Å². The first-order valence-corrected chi connectivity index (χ1v) is 6.43. The number of likely N-dealkylation sites (N-methyl/N-ethyl adjacent to an activating group) is 1. The van der Waals surface area contributed by atoms with Crippen molar-refractivity contribution < 1.29 is 8.78 Å². The maximum absolute atomic E-state index is 13.6. The summed E-state index contributed by atoms with van der Waals surface area (Å²) >= 11 is 1.23. The summed E-state index contributed by atoms with van der Waals surface area (Å²) in [6.45, 7) is 2.65. The van der Waals surface area contributed by atoms with Gasteiger partial charge in [-0.1, -0.05) is 17.5 Å². The lowest BCUT2D eigenvalue weighted by Gasteiger charge is -2.16. The molecule has 18 heavy (non-hydrogen) atoms. The molecule has 0 saturated heterocycles. The molecule has 1 aromatic heterocycles. The van der Waals surface area contributed by atoms with Crippen LogP contribution >= 0.6 is 11.5 Å². The molecule has 1 aromatic carbocycles. The summed E-state index contributed by atoms with van der Waals surface area (Å²) in [5.74, 6) is -1.04. The lowest BCUT2D eigenvalue weighted by Crippen LogP contribution is -2.23. The highest BCUT2D eigenvalue weighted by Gasteiger charge is 2.18. The van der Waals surface area contributed by atoms with E-state index in [1.807, 2.05) is 6.92 Å². The standard InChI is InChI=1S/C12H13F2N3S/c1-2-15-11(12-7-16-17-18-12)6-8-9(13)4-3-5-10(8)14/h3-5,7,11,15H,2,6H2,1H3. The molecular weight excluding hydrogens is 256 g/mol. The van der Waals surface area contributed by atoms with Crippen LogP contribution in [0.4, 0.5) is 8.78 Å². The molecule has 6 heteroatoms. The largest absolute Gasteiger partial charge is 0.309 e. The van der Waals surface area contributed by atoms with Gasteiger partial charge in [0.1, 0.15) is 11.6 Å². The number of benzene rings is 1. The van der Waals surface area contributed by atoms with Gasteiger partial charge in [0.05, 0.1) is 11.1 Å². The average Bonchev–Trinajstić information content (AvgIpc) is 2.86. The zero-order valence-corrected chi connectivity index (χ0v) is 10.7. The van der Waals surface area contributed by atoms with Gasteiger partial charge in [-0.3, -0.25) is 0 Å². The van der Waals surface area contributed by atoms with Crippen molar-refractivity contribution in [3.05, 3.63) is 46.5 Å². The van der Waals surface area contributed by atoms with Crippen molar-refractivity contribution in [3.8, 4) is 0 Å². The van der Waals surface area contributed by atoms with Gasteiger partial charge in [-0.25, -0.2) is 8.78 Å². The Hall–Kier alpha value is -1.40. The number of hydrogen-bond acceptors (Lipinski definition) is 4. The molecule has 0 spiro atoms. The van der Waals surface area contributed by atoms with Gasteiger partial charge < -0.3 is 5.32 Å². The fourth-order valence-corrected chi connectivity index (χ4v) is 2.36. The van der Waals surface area contributed by atoms with E-state index in [0.717, 1.165) is 4.88 Å². The van der Waals surface area contributed by atoms with E-state index in [4.69, 9.17) is 0 Å². The summed E-state index contributed by atoms with van der Waals surface area (Å²) in [5, 5.41) is 6.94. The first-order chi connectivity index (χ1) is 8.72. The van der Waals surface area contributed by atoms with E-state index in [1.54, 1.807) is 6.20 Å². The Labute approximate surface area is 108 Å². The number of hydrogen-bond donors (Lipinski definition) is 1. The van der Waals surface area contributed by atoms with Crippen LogP contribution in [0, 0.1) is 11.6 Å². The van der Waals surface area contributed by atoms with Gasteiger partial charge in [0.25, 0.3) is 0 Å². The quantitative estimate of drug-likeness (QED) is 0.907. The van der Waals surface area contributed by atoms with Crippen LogP contribution in [0.3, 0.4) is 0 Å². The summed E-state index contributed by atoms with van der Waals surface area (Å²) in [7, 11) is 0. The van der Waals surface area contributed by atoms with Gasteiger partial charge >= 0.3 is 0 Å². The summed E-state index contributed by atoms with van der Waals surface area (Å²) in [6, 6.07) is 3.74. The SMILES string of the molecule is CCNC(Cc1c(F)cccc1F)c1cnns1. The highest BCUT2D eigenvalue weighted by Crippen LogP contribution is 2.23. The second kappa shape index (κ2) is 5.97. The predicted octanol–water partition coefficient (Wildman–Crippen LogP) is 2.71. The highest BCUT2D eigenvalue weighted by atomic mass is 32.1. The van der Waals surface area contributed by atoms with E-state index in [9.17, 15) is 8.78 Å². The van der Waals surface area contributed by atoms with Crippen molar-refractivity contribution in [3.63, 3.8) is 0 Å². The van der Waals surface area contributed by atoms with Gasteiger partial charge in [0.2, 0.25) is 0 Å². The fraction of sp³-hybridized carbons (Fsp3) is 0.333. The summed E-state index contributed by atoms with van der Waals surface area (Å²) < 4.78 is 31.0. The van der Waals surface area contributed by atoms with Gasteiger partial charge in [0, 0.05) is 11.6 Å². The number of nitrogens with zero attached hydrogens (tertiary/aromatic N) is 2. The summed E-state index contributed by atoms with van der Waals surface area (Å²) in [6.07, 6.45) is 1.87. The van der Waals surface area contributed by atoms with Crippen LogP contribution in [-0.4, -0.2) is 16.1 Å². The topological polar surface area (TPSA) is 37.8 Å². The normalized spacial score (nSPS) is 12.6. The molecule has 1 heterocycles. The van der Waals surface area contributed by atoms with Crippen LogP contribution in [0.25, 0.3) is 0 Å². The molecule has 2 aromatic rings. The van der Waals surface area contributed by atoms with Crippen LogP contribution in [0.15, 0.2) is 24.4 Å². The molecule has 96 valence electrons. The van der Waals surface area contributed by atoms with Crippen molar-refractivity contribution in [2.75, 3.05) is 6.54 Å². The molecule has 0 amide bonds. The summed E-state index contributed by atoms with van der Waals surface area (Å²) in [4.78, 5) is 0.875. The van der Waals surface area contributed by atoms with E-state index in [2.05, 4.69) is 14.9 Å². The second-order valence-electron chi connectivity index (χ2n) is 3.83. The fourth-order valence-electron chi connectivity index (χ4n) is 1.78. The molecular formula is C12H13F2N3S. The lowest BCUT2D eigenvalue weighted by molar-refractivity contribution is 0.503. The molecule has 0 aliphatic carbocycles. The van der Waals surface area contributed by atoms with Crippen molar-refractivity contribution in [2.24, 2.45) is 0 Å². The Morgan fingerprint density at radius 3 is 2.61 bits per heavy atom. The predicted molar refractivity (Wildman–Crippen MR) is 66.4 cm³/mol. The van der Waals surface area contributed by atoms with Crippen molar-refractivity contribution in [2.45, 2.75) is 19.4 Å². The molecule has 0 saturated carbocycles. The average molecular weight is 269 g/mol. The van der Waals surface area contributed by atoms with E-state index in [1.165, 1.54) is 29.7 Å². The molecule has 1 N–H and O–H groups in total. The Kier molecular flexibility index (Phi) is 4.33. The molecule has 3 nitrogen and oxygen atoms in total. The molecule has 2 rings (SSSR count). The summed E-state index contributed by atoms with van der Waals surface area (Å²) in [5.41, 5.74) is 0.0943. The molecule has 0 radical (unpaired) electrons. The van der Waals surface area contributed by atoms with Crippen LogP contribution in [0.5, 0.6) is 0 Å². The molecule has 0 aliphatic rings. The highest BCUT2D eigenvalue weighted by molar-refractivity contribution is 7.05. The third-order valence-corrected chi connectivity index (χ3v) is 3.42. The Bertz CT molecular complexity index is 482. The Morgan fingerprint density at radius 2 is 2.06 bits per heavy atom. The van der Waals surface area contributed by atoms with Crippen LogP contribution in [0.1, 0.15) is 23.4 Å². The maximum Gasteiger partial charge on any atom is 0.129 e. The van der Waals surface area contributed by atoms with Gasteiger partial charge in [-0.05, 0) is 36.6 Å². The van der Waals surface area contributed by atoms with Crippen molar-refractivity contribution >= 4 is 11.5 Å². The van der Waals surface area contributed by atoms with Crippen molar-refractivity contribution in [1.29, 1.82) is 0 Å². The third kappa shape index (κ3) is 2.88. The second-order valence-corrected chi connectivity index (χ2v) is 4.65.